The van der Waals surface area contributed by atoms with Crippen LogP contribution in [0.3, 0.4) is 0 Å². The van der Waals surface area contributed by atoms with Gasteiger partial charge in [-0.15, -0.1) is 0 Å². The first-order valence-corrected chi connectivity index (χ1v) is 9.51. The van der Waals surface area contributed by atoms with Gasteiger partial charge in [0.15, 0.2) is 9.84 Å². The van der Waals surface area contributed by atoms with Crippen molar-refractivity contribution in [3.8, 4) is 0 Å². The monoisotopic (exact) mass is 349 g/mol. The lowest BCUT2D eigenvalue weighted by Crippen LogP contribution is -2.35. The fraction of sp³-hybridized carbons (Fsp3) is 0.278. The smallest absolute Gasteiger partial charge is 0.235 e. The van der Waals surface area contributed by atoms with Crippen LogP contribution in [0.25, 0.3) is 0 Å². The molecule has 1 amide bonds. The molecular weight excluding hydrogens is 329 g/mol. The van der Waals surface area contributed by atoms with Gasteiger partial charge in [-0.25, -0.2) is 12.8 Å². The maximum Gasteiger partial charge on any atom is 0.235 e. The Morgan fingerprint density at radius 1 is 1.08 bits per heavy atom. The number of nitrogens with one attached hydrogen (secondary N) is 1. The predicted octanol–water partition coefficient (Wildman–Crippen LogP) is 2.66. The Hall–Kier alpha value is -2.21. The highest BCUT2D eigenvalue weighted by Crippen LogP contribution is 2.21. The molecule has 0 saturated carbocycles. The zero-order valence-corrected chi connectivity index (χ0v) is 14.2. The van der Waals surface area contributed by atoms with E-state index in [9.17, 15) is 17.6 Å². The summed E-state index contributed by atoms with van der Waals surface area (Å²) in [4.78, 5) is 12.1. The average Bonchev–Trinajstić information content (AvgIpc) is 2.55. The van der Waals surface area contributed by atoms with E-state index in [0.717, 1.165) is 5.56 Å². The van der Waals surface area contributed by atoms with Crippen molar-refractivity contribution in [1.29, 1.82) is 0 Å². The molecule has 1 atom stereocenters. The minimum absolute atomic E-state index is 0.108. The number of carbonyl (C=O) groups is 1. The van der Waals surface area contributed by atoms with Gasteiger partial charge < -0.3 is 5.32 Å². The van der Waals surface area contributed by atoms with Crippen LogP contribution < -0.4 is 5.32 Å². The maximum absolute atomic E-state index is 14.1. The SMILES string of the molecule is CCS(=O)(=O)CC(=O)N[C@H](Cc1ccccc1)c1ccccc1F. The summed E-state index contributed by atoms with van der Waals surface area (Å²) in [5.41, 5.74) is 1.26. The van der Waals surface area contributed by atoms with Crippen LogP contribution in [0.4, 0.5) is 4.39 Å². The molecule has 0 radical (unpaired) electrons. The molecule has 2 aromatic rings. The highest BCUT2D eigenvalue weighted by molar-refractivity contribution is 7.92. The molecule has 24 heavy (non-hydrogen) atoms. The molecule has 0 spiro atoms. The van der Waals surface area contributed by atoms with Gasteiger partial charge in [-0.2, -0.15) is 0 Å². The van der Waals surface area contributed by atoms with Crippen LogP contribution in [0.15, 0.2) is 54.6 Å². The fourth-order valence-electron chi connectivity index (χ4n) is 2.38. The van der Waals surface area contributed by atoms with Gasteiger partial charge in [-0.1, -0.05) is 55.5 Å². The van der Waals surface area contributed by atoms with Crippen molar-refractivity contribution in [2.24, 2.45) is 0 Å². The Kier molecular flexibility index (Phi) is 6.09. The third kappa shape index (κ3) is 5.16. The number of amides is 1. The Morgan fingerprint density at radius 2 is 1.71 bits per heavy atom. The van der Waals surface area contributed by atoms with E-state index in [2.05, 4.69) is 5.32 Å². The fourth-order valence-corrected chi connectivity index (χ4v) is 3.07. The normalized spacial score (nSPS) is 12.6. The van der Waals surface area contributed by atoms with Crippen LogP contribution in [0.5, 0.6) is 0 Å². The first-order valence-electron chi connectivity index (χ1n) is 7.69. The van der Waals surface area contributed by atoms with Crippen molar-refractivity contribution < 1.29 is 17.6 Å². The van der Waals surface area contributed by atoms with Crippen LogP contribution >= 0.6 is 0 Å². The minimum atomic E-state index is -3.44. The minimum Gasteiger partial charge on any atom is -0.348 e. The van der Waals surface area contributed by atoms with Gasteiger partial charge >= 0.3 is 0 Å². The standard InChI is InChI=1S/C18H20FNO3S/c1-2-24(22,23)13-18(21)20-17(12-14-8-4-3-5-9-14)15-10-6-7-11-16(15)19/h3-11,17H,2,12-13H2,1H3,(H,20,21)/t17-/m1/s1. The Bertz CT molecular complexity index is 791. The second kappa shape index (κ2) is 8.06. The number of hydrogen-bond acceptors (Lipinski definition) is 3. The van der Waals surface area contributed by atoms with Crippen LogP contribution in [0.2, 0.25) is 0 Å². The molecule has 4 nitrogen and oxygen atoms in total. The lowest BCUT2D eigenvalue weighted by atomic mass is 9.98. The lowest BCUT2D eigenvalue weighted by Gasteiger charge is -2.20. The zero-order valence-electron chi connectivity index (χ0n) is 13.4. The molecule has 6 heteroatoms. The van der Waals surface area contributed by atoms with E-state index in [1.54, 1.807) is 18.2 Å². The topological polar surface area (TPSA) is 63.2 Å². The molecule has 0 saturated heterocycles. The predicted molar refractivity (Wildman–Crippen MR) is 91.8 cm³/mol. The van der Waals surface area contributed by atoms with Gasteiger partial charge in [0.2, 0.25) is 5.91 Å². The van der Waals surface area contributed by atoms with Gasteiger partial charge in [0.25, 0.3) is 0 Å². The van der Waals surface area contributed by atoms with Gasteiger partial charge in [0.1, 0.15) is 11.6 Å². The van der Waals surface area contributed by atoms with Crippen molar-refractivity contribution in [3.05, 3.63) is 71.5 Å². The number of hydrogen-bond donors (Lipinski definition) is 1. The van der Waals surface area contributed by atoms with Crippen molar-refractivity contribution >= 4 is 15.7 Å². The molecule has 0 fully saturated rings. The van der Waals surface area contributed by atoms with E-state index in [1.807, 2.05) is 30.3 Å². The largest absolute Gasteiger partial charge is 0.348 e. The number of sulfone groups is 1. The quantitative estimate of drug-likeness (QED) is 0.836. The second-order valence-electron chi connectivity index (χ2n) is 5.51. The highest BCUT2D eigenvalue weighted by atomic mass is 32.2. The Morgan fingerprint density at radius 3 is 2.33 bits per heavy atom. The molecule has 1 N–H and O–H groups in total. The second-order valence-corrected chi connectivity index (χ2v) is 7.86. The van der Waals surface area contributed by atoms with E-state index >= 15 is 0 Å². The molecule has 2 aromatic carbocycles. The van der Waals surface area contributed by atoms with Crippen molar-refractivity contribution in [2.45, 2.75) is 19.4 Å². The summed E-state index contributed by atoms with van der Waals surface area (Å²) in [5, 5.41) is 2.65. The van der Waals surface area contributed by atoms with E-state index in [-0.39, 0.29) is 5.75 Å². The molecule has 2 rings (SSSR count). The molecular formula is C18H20FNO3S. The maximum atomic E-state index is 14.1. The molecule has 0 aliphatic rings. The summed E-state index contributed by atoms with van der Waals surface area (Å²) in [6.45, 7) is 1.49. The van der Waals surface area contributed by atoms with Gasteiger partial charge in [-0.05, 0) is 18.1 Å². The summed E-state index contributed by atoms with van der Waals surface area (Å²) in [5.74, 6) is -1.76. The average molecular weight is 349 g/mol. The summed E-state index contributed by atoms with van der Waals surface area (Å²) < 4.78 is 37.4. The molecule has 0 aliphatic heterocycles. The Balaban J connectivity index is 2.23. The van der Waals surface area contributed by atoms with Crippen molar-refractivity contribution in [1.82, 2.24) is 5.32 Å². The van der Waals surface area contributed by atoms with Gasteiger partial charge in [0, 0.05) is 11.3 Å². The molecule has 0 bridgehead atoms. The van der Waals surface area contributed by atoms with Crippen LogP contribution in [-0.2, 0) is 21.1 Å². The third-order valence-corrected chi connectivity index (χ3v) is 5.27. The van der Waals surface area contributed by atoms with Crippen LogP contribution in [-0.4, -0.2) is 25.8 Å². The number of halogens is 1. The Labute approximate surface area is 141 Å². The summed E-state index contributed by atoms with van der Waals surface area (Å²) in [6, 6.07) is 14.9. The lowest BCUT2D eigenvalue weighted by molar-refractivity contribution is -0.119. The molecule has 0 heterocycles. The van der Waals surface area contributed by atoms with Gasteiger partial charge in [-0.3, -0.25) is 4.79 Å². The van der Waals surface area contributed by atoms with E-state index in [1.165, 1.54) is 13.0 Å². The summed E-state index contributed by atoms with van der Waals surface area (Å²) in [7, 11) is -3.44. The molecule has 0 aromatic heterocycles. The van der Waals surface area contributed by atoms with Crippen molar-refractivity contribution in [3.63, 3.8) is 0 Å². The zero-order chi connectivity index (χ0) is 17.6. The van der Waals surface area contributed by atoms with E-state index in [0.29, 0.717) is 12.0 Å². The summed E-state index contributed by atoms with van der Waals surface area (Å²) >= 11 is 0. The third-order valence-electron chi connectivity index (χ3n) is 3.69. The van der Waals surface area contributed by atoms with Crippen LogP contribution in [0, 0.1) is 5.82 Å². The molecule has 0 unspecified atom stereocenters. The van der Waals surface area contributed by atoms with E-state index in [4.69, 9.17) is 0 Å². The molecule has 0 aliphatic carbocycles. The van der Waals surface area contributed by atoms with Crippen molar-refractivity contribution in [2.75, 3.05) is 11.5 Å². The van der Waals surface area contributed by atoms with E-state index < -0.39 is 33.4 Å². The van der Waals surface area contributed by atoms with Crippen LogP contribution in [0.1, 0.15) is 24.1 Å². The number of benzene rings is 2. The first kappa shape index (κ1) is 18.1. The summed E-state index contributed by atoms with van der Waals surface area (Å²) in [6.07, 6.45) is 0.375. The molecule has 128 valence electrons. The first-order chi connectivity index (χ1) is 11.4. The number of rotatable bonds is 7. The highest BCUT2D eigenvalue weighted by Gasteiger charge is 2.21. The van der Waals surface area contributed by atoms with Gasteiger partial charge in [0.05, 0.1) is 6.04 Å². The number of carbonyl (C=O) groups excluding carboxylic acids is 1.